The molecule has 4 amide bonds. The summed E-state index contributed by atoms with van der Waals surface area (Å²) >= 11 is 1.22. The van der Waals surface area contributed by atoms with Gasteiger partial charge in [-0.15, -0.1) is 11.3 Å². The molecule has 0 bridgehead atoms. The fraction of sp³-hybridized carbons (Fsp3) is 0.182. The lowest BCUT2D eigenvalue weighted by atomic mass is 9.99. The Kier molecular flexibility index (Phi) is 4.91. The number of urea groups is 1. The third-order valence-electron chi connectivity index (χ3n) is 5.54. The van der Waals surface area contributed by atoms with Crippen molar-refractivity contribution >= 4 is 29.2 Å². The van der Waals surface area contributed by atoms with E-state index in [4.69, 9.17) is 4.74 Å². The molecular weight excluding hydrogens is 462 g/mol. The van der Waals surface area contributed by atoms with Crippen LogP contribution < -0.4 is 21.1 Å². The van der Waals surface area contributed by atoms with Gasteiger partial charge in [0, 0.05) is 23.1 Å². The molecule has 4 heterocycles. The largest absolute Gasteiger partial charge is 0.497 e. The highest BCUT2D eigenvalue weighted by Gasteiger charge is 2.48. The molecule has 0 saturated carbocycles. The summed E-state index contributed by atoms with van der Waals surface area (Å²) in [6.07, 6.45) is 0. The van der Waals surface area contributed by atoms with Crippen LogP contribution in [0.3, 0.4) is 0 Å². The minimum absolute atomic E-state index is 0.156. The Morgan fingerprint density at radius 1 is 1.21 bits per heavy atom. The maximum absolute atomic E-state index is 13.0. The van der Waals surface area contributed by atoms with Gasteiger partial charge in [0.25, 0.3) is 11.8 Å². The molecule has 1 atom stereocenters. The number of benzene rings is 1. The molecule has 2 aromatic heterocycles. The number of hydrogen-bond acceptors (Lipinski definition) is 7. The van der Waals surface area contributed by atoms with Crippen LogP contribution in [0.1, 0.15) is 21.5 Å². The number of methoxy groups -OCH3 is 1. The Balaban J connectivity index is 1.44. The van der Waals surface area contributed by atoms with Crippen molar-refractivity contribution in [2.24, 2.45) is 0 Å². The van der Waals surface area contributed by atoms with Crippen molar-refractivity contribution in [2.75, 3.05) is 13.7 Å². The van der Waals surface area contributed by atoms with Gasteiger partial charge in [-0.25, -0.2) is 9.59 Å². The van der Waals surface area contributed by atoms with Crippen LogP contribution in [-0.4, -0.2) is 57.0 Å². The Morgan fingerprint density at radius 3 is 2.71 bits per heavy atom. The van der Waals surface area contributed by atoms with Gasteiger partial charge in [-0.2, -0.15) is 0 Å². The smallest absolute Gasteiger partial charge is 0.326 e. The first-order chi connectivity index (χ1) is 16.3. The number of nitrogens with zero attached hydrogens (tertiary/aromatic N) is 1. The number of nitrogens with one attached hydrogen (secondary N) is 4. The number of imide groups is 1. The summed E-state index contributed by atoms with van der Waals surface area (Å²) in [5.41, 5.74) is -0.231. The van der Waals surface area contributed by atoms with Crippen molar-refractivity contribution in [3.05, 3.63) is 56.8 Å². The molecule has 172 valence electrons. The van der Waals surface area contributed by atoms with Gasteiger partial charge in [-0.05, 0) is 23.8 Å². The number of rotatable bonds is 4. The molecule has 1 unspecified atom stereocenters. The average molecular weight is 479 g/mol. The molecule has 34 heavy (non-hydrogen) atoms. The van der Waals surface area contributed by atoms with Crippen LogP contribution in [0.25, 0.3) is 10.6 Å². The van der Waals surface area contributed by atoms with Gasteiger partial charge < -0.3 is 25.0 Å². The summed E-state index contributed by atoms with van der Waals surface area (Å²) in [5.74, 6) is 4.98. The molecule has 11 nitrogen and oxygen atoms in total. The van der Waals surface area contributed by atoms with E-state index in [-0.39, 0.29) is 30.6 Å². The van der Waals surface area contributed by atoms with Crippen molar-refractivity contribution in [3.8, 4) is 34.0 Å². The van der Waals surface area contributed by atoms with E-state index in [1.54, 1.807) is 29.6 Å². The van der Waals surface area contributed by atoms with Gasteiger partial charge in [0.2, 0.25) is 11.4 Å². The number of hydrogen-bond donors (Lipinski definition) is 5. The van der Waals surface area contributed by atoms with Crippen LogP contribution in [0.2, 0.25) is 0 Å². The summed E-state index contributed by atoms with van der Waals surface area (Å²) in [6, 6.07) is 6.09. The number of amides is 4. The van der Waals surface area contributed by atoms with E-state index < -0.39 is 23.2 Å². The van der Waals surface area contributed by atoms with Crippen molar-refractivity contribution in [1.82, 2.24) is 25.5 Å². The van der Waals surface area contributed by atoms with Crippen molar-refractivity contribution < 1.29 is 24.2 Å². The maximum Gasteiger partial charge on any atom is 0.326 e. The number of imidazole rings is 1. The van der Waals surface area contributed by atoms with Crippen LogP contribution in [0.4, 0.5) is 4.79 Å². The zero-order chi connectivity index (χ0) is 24.0. The monoisotopic (exact) mass is 479 g/mol. The second kappa shape index (κ2) is 7.82. The Bertz CT molecular complexity index is 1470. The molecule has 1 saturated heterocycles. The highest BCUT2D eigenvalue weighted by Crippen LogP contribution is 2.31. The van der Waals surface area contributed by atoms with E-state index in [2.05, 4.69) is 32.4 Å². The highest BCUT2D eigenvalue weighted by molar-refractivity contribution is 7.13. The lowest BCUT2D eigenvalue weighted by Crippen LogP contribution is -2.54. The number of fused-ring (bicyclic) bond motifs is 1. The maximum atomic E-state index is 13.0. The molecule has 12 heteroatoms. The summed E-state index contributed by atoms with van der Waals surface area (Å²) < 4.78 is 5.19. The van der Waals surface area contributed by atoms with Gasteiger partial charge in [0.1, 0.15) is 11.4 Å². The number of carbonyl (C=O) groups excluding carboxylic acids is 3. The fourth-order valence-electron chi connectivity index (χ4n) is 3.88. The standard InChI is InChI=1S/C22H17N5O6S/c1-33-13-3-2-12-8-27(18(29)14(12)7-13)10-22(19(30)25-21(32)26-22)5-4-11-6-15(34-9-11)16-17(28)24-20(31)23-16/h2-3,6-7,9,28H,8,10H2,1H3,(H2,23,24,31)(H2,25,26,30,32). The number of aromatic amines is 2. The van der Waals surface area contributed by atoms with E-state index in [1.807, 2.05) is 0 Å². The molecule has 5 N–H and O–H groups in total. The van der Waals surface area contributed by atoms with E-state index >= 15 is 0 Å². The van der Waals surface area contributed by atoms with E-state index in [1.165, 1.54) is 23.3 Å². The van der Waals surface area contributed by atoms with E-state index in [0.29, 0.717) is 21.8 Å². The number of aromatic hydroxyl groups is 1. The van der Waals surface area contributed by atoms with Gasteiger partial charge in [-0.1, -0.05) is 17.9 Å². The second-order valence-corrected chi connectivity index (χ2v) is 8.66. The molecular formula is C22H17N5O6S. The van der Waals surface area contributed by atoms with E-state index in [9.17, 15) is 24.3 Å². The number of aromatic nitrogens is 2. The van der Waals surface area contributed by atoms with Crippen molar-refractivity contribution in [1.29, 1.82) is 0 Å². The number of ether oxygens (including phenoxy) is 1. The third-order valence-corrected chi connectivity index (χ3v) is 6.49. The van der Waals surface area contributed by atoms with Crippen LogP contribution in [0.15, 0.2) is 34.4 Å². The first kappa shape index (κ1) is 21.4. The predicted octanol–water partition coefficient (Wildman–Crippen LogP) is 0.731. The first-order valence-corrected chi connectivity index (χ1v) is 10.9. The predicted molar refractivity (Wildman–Crippen MR) is 120 cm³/mol. The lowest BCUT2D eigenvalue weighted by molar-refractivity contribution is -0.122. The van der Waals surface area contributed by atoms with Crippen molar-refractivity contribution in [2.45, 2.75) is 12.1 Å². The number of H-pyrrole nitrogens is 2. The summed E-state index contributed by atoms with van der Waals surface area (Å²) in [6.45, 7) is 0.101. The molecule has 5 rings (SSSR count). The normalized spacial score (nSPS) is 18.9. The summed E-state index contributed by atoms with van der Waals surface area (Å²) in [7, 11) is 1.51. The zero-order valence-corrected chi connectivity index (χ0v) is 18.5. The minimum atomic E-state index is -1.65. The number of thiophene rings is 1. The molecule has 1 aromatic carbocycles. The van der Waals surface area contributed by atoms with Crippen LogP contribution in [-0.2, 0) is 11.3 Å². The average Bonchev–Trinajstić information content (AvgIpc) is 3.54. The number of carbonyl (C=O) groups is 3. The topological polar surface area (TPSA) is 157 Å². The molecule has 0 spiro atoms. The minimum Gasteiger partial charge on any atom is -0.497 e. The molecule has 0 radical (unpaired) electrons. The van der Waals surface area contributed by atoms with Gasteiger partial charge >= 0.3 is 11.7 Å². The van der Waals surface area contributed by atoms with Gasteiger partial charge in [-0.3, -0.25) is 19.9 Å². The molecule has 2 aliphatic rings. The van der Waals surface area contributed by atoms with Gasteiger partial charge in [0.05, 0.1) is 18.5 Å². The molecule has 0 aliphatic carbocycles. The second-order valence-electron chi connectivity index (χ2n) is 7.75. The summed E-state index contributed by atoms with van der Waals surface area (Å²) in [5, 5.41) is 16.3. The first-order valence-electron chi connectivity index (χ1n) is 10.0. The van der Waals surface area contributed by atoms with Gasteiger partial charge in [0.15, 0.2) is 0 Å². The van der Waals surface area contributed by atoms with E-state index in [0.717, 1.165) is 5.56 Å². The highest BCUT2D eigenvalue weighted by atomic mass is 32.1. The fourth-order valence-corrected chi connectivity index (χ4v) is 4.72. The molecule has 3 aromatic rings. The SMILES string of the molecule is COc1ccc2c(c1)C(=O)N(CC1(C#Cc3csc(-c4[nH]c(=O)[nH]c4O)c3)NC(=O)NC1=O)C2. The molecule has 2 aliphatic heterocycles. The zero-order valence-electron chi connectivity index (χ0n) is 17.6. The summed E-state index contributed by atoms with van der Waals surface area (Å²) in [4.78, 5) is 55.8. The van der Waals surface area contributed by atoms with Crippen LogP contribution >= 0.6 is 11.3 Å². The quantitative estimate of drug-likeness (QED) is 0.274. The lowest BCUT2D eigenvalue weighted by Gasteiger charge is -2.26. The van der Waals surface area contributed by atoms with Crippen LogP contribution in [0, 0.1) is 11.8 Å². The molecule has 1 fully saturated rings. The Morgan fingerprint density at radius 2 is 2.03 bits per heavy atom. The van der Waals surface area contributed by atoms with Crippen LogP contribution in [0.5, 0.6) is 11.6 Å². The Hall–Kier alpha value is -4.50. The Labute approximate surface area is 195 Å². The third kappa shape index (κ3) is 3.57. The van der Waals surface area contributed by atoms with Crippen molar-refractivity contribution in [3.63, 3.8) is 0 Å².